The van der Waals surface area contributed by atoms with E-state index in [1.807, 2.05) is 6.07 Å². The van der Waals surface area contributed by atoms with Gasteiger partial charge in [-0.05, 0) is 37.6 Å². The molecular weight excluding hydrogens is 297 g/mol. The van der Waals surface area contributed by atoms with Crippen LogP contribution in [-0.4, -0.2) is 19.8 Å². The van der Waals surface area contributed by atoms with E-state index in [4.69, 9.17) is 4.74 Å². The van der Waals surface area contributed by atoms with E-state index in [0.29, 0.717) is 12.5 Å². The molecule has 0 saturated carbocycles. The highest BCUT2D eigenvalue weighted by Gasteiger charge is 2.28. The quantitative estimate of drug-likeness (QED) is 0.895. The molecule has 2 rings (SSSR count). The van der Waals surface area contributed by atoms with Crippen LogP contribution in [0.15, 0.2) is 22.7 Å². The summed E-state index contributed by atoms with van der Waals surface area (Å²) in [6, 6.07) is 5.18. The normalized spacial score (nSPS) is 21.2. The number of ether oxygens (including phenoxy) is 1. The van der Waals surface area contributed by atoms with Gasteiger partial charge in [-0.15, -0.1) is 0 Å². The highest BCUT2D eigenvalue weighted by atomic mass is 79.9. The fraction of sp³-hybridized carbons (Fsp3) is 0.571. The Hall–Kier alpha value is -0.450. The Morgan fingerprint density at radius 3 is 3.06 bits per heavy atom. The molecule has 0 radical (unpaired) electrons. The third-order valence-corrected chi connectivity index (χ3v) is 3.84. The SMILES string of the molecule is CCCNC(c1cc(Br)ccc1F)C1CCOC1. The highest BCUT2D eigenvalue weighted by Crippen LogP contribution is 2.31. The smallest absolute Gasteiger partial charge is 0.128 e. The van der Waals surface area contributed by atoms with Crippen LogP contribution in [0.4, 0.5) is 4.39 Å². The van der Waals surface area contributed by atoms with E-state index in [9.17, 15) is 4.39 Å². The van der Waals surface area contributed by atoms with Crippen LogP contribution in [0, 0.1) is 11.7 Å². The Morgan fingerprint density at radius 2 is 2.39 bits per heavy atom. The van der Waals surface area contributed by atoms with E-state index in [1.54, 1.807) is 6.07 Å². The molecule has 1 N–H and O–H groups in total. The molecule has 4 heteroatoms. The maximum atomic E-state index is 14.0. The summed E-state index contributed by atoms with van der Waals surface area (Å²) in [4.78, 5) is 0. The van der Waals surface area contributed by atoms with Gasteiger partial charge >= 0.3 is 0 Å². The molecule has 1 fully saturated rings. The Kier molecular flexibility index (Phi) is 5.15. The molecule has 100 valence electrons. The van der Waals surface area contributed by atoms with Crippen molar-refractivity contribution in [3.8, 4) is 0 Å². The molecule has 2 nitrogen and oxygen atoms in total. The number of nitrogens with one attached hydrogen (secondary N) is 1. The van der Waals surface area contributed by atoms with Crippen LogP contribution >= 0.6 is 15.9 Å². The zero-order valence-electron chi connectivity index (χ0n) is 10.6. The van der Waals surface area contributed by atoms with E-state index >= 15 is 0 Å². The second kappa shape index (κ2) is 6.64. The summed E-state index contributed by atoms with van der Waals surface area (Å²) in [5.41, 5.74) is 0.744. The van der Waals surface area contributed by atoms with Gasteiger partial charge < -0.3 is 10.1 Å². The fourth-order valence-electron chi connectivity index (χ4n) is 2.40. The lowest BCUT2D eigenvalue weighted by Gasteiger charge is -2.25. The highest BCUT2D eigenvalue weighted by molar-refractivity contribution is 9.10. The van der Waals surface area contributed by atoms with Crippen molar-refractivity contribution in [2.75, 3.05) is 19.8 Å². The monoisotopic (exact) mass is 315 g/mol. The summed E-state index contributed by atoms with van der Waals surface area (Å²) in [5.74, 6) is 0.221. The maximum Gasteiger partial charge on any atom is 0.128 e. The molecule has 0 amide bonds. The summed E-state index contributed by atoms with van der Waals surface area (Å²) in [6.45, 7) is 4.51. The zero-order chi connectivity index (χ0) is 13.0. The number of halogens is 2. The van der Waals surface area contributed by atoms with Crippen LogP contribution in [0.1, 0.15) is 31.4 Å². The Labute approximate surface area is 116 Å². The van der Waals surface area contributed by atoms with E-state index < -0.39 is 0 Å². The van der Waals surface area contributed by atoms with Crippen molar-refractivity contribution < 1.29 is 9.13 Å². The molecule has 1 aromatic carbocycles. The van der Waals surface area contributed by atoms with Gasteiger partial charge in [0.15, 0.2) is 0 Å². The van der Waals surface area contributed by atoms with Crippen molar-refractivity contribution in [2.24, 2.45) is 5.92 Å². The molecule has 0 aromatic heterocycles. The van der Waals surface area contributed by atoms with Crippen molar-refractivity contribution in [1.82, 2.24) is 5.32 Å². The van der Waals surface area contributed by atoms with Gasteiger partial charge in [0, 0.05) is 28.6 Å². The van der Waals surface area contributed by atoms with Crippen molar-refractivity contribution >= 4 is 15.9 Å². The fourth-order valence-corrected chi connectivity index (χ4v) is 2.78. The molecule has 1 aliphatic heterocycles. The third kappa shape index (κ3) is 3.31. The van der Waals surface area contributed by atoms with Gasteiger partial charge in [-0.3, -0.25) is 0 Å². The number of benzene rings is 1. The van der Waals surface area contributed by atoms with Crippen LogP contribution in [0.2, 0.25) is 0 Å². The lowest BCUT2D eigenvalue weighted by atomic mass is 9.92. The zero-order valence-corrected chi connectivity index (χ0v) is 12.2. The van der Waals surface area contributed by atoms with Gasteiger partial charge in [0.05, 0.1) is 6.61 Å². The lowest BCUT2D eigenvalue weighted by molar-refractivity contribution is 0.176. The molecule has 0 bridgehead atoms. The second-order valence-corrected chi connectivity index (χ2v) is 5.64. The number of rotatable bonds is 5. The number of hydrogen-bond acceptors (Lipinski definition) is 2. The van der Waals surface area contributed by atoms with Crippen LogP contribution in [0.3, 0.4) is 0 Å². The van der Waals surface area contributed by atoms with E-state index in [2.05, 4.69) is 28.2 Å². The Balaban J connectivity index is 2.23. The summed E-state index contributed by atoms with van der Waals surface area (Å²) in [5, 5.41) is 3.45. The van der Waals surface area contributed by atoms with Gasteiger partial charge in [0.25, 0.3) is 0 Å². The topological polar surface area (TPSA) is 21.3 Å². The first kappa shape index (κ1) is 14.0. The molecule has 1 aliphatic rings. The minimum absolute atomic E-state index is 0.0462. The van der Waals surface area contributed by atoms with E-state index in [-0.39, 0.29) is 11.9 Å². The molecule has 18 heavy (non-hydrogen) atoms. The molecule has 1 heterocycles. The Bertz CT molecular complexity index is 393. The maximum absolute atomic E-state index is 14.0. The van der Waals surface area contributed by atoms with E-state index in [0.717, 1.165) is 36.0 Å². The largest absolute Gasteiger partial charge is 0.381 e. The van der Waals surface area contributed by atoms with Crippen LogP contribution in [0.5, 0.6) is 0 Å². The lowest BCUT2D eigenvalue weighted by Crippen LogP contribution is -2.30. The average Bonchev–Trinajstić information content (AvgIpc) is 2.88. The van der Waals surface area contributed by atoms with Gasteiger partial charge in [0.2, 0.25) is 0 Å². The van der Waals surface area contributed by atoms with E-state index in [1.165, 1.54) is 6.07 Å². The predicted octanol–water partition coefficient (Wildman–Crippen LogP) is 3.67. The first-order valence-electron chi connectivity index (χ1n) is 6.48. The third-order valence-electron chi connectivity index (χ3n) is 3.34. The summed E-state index contributed by atoms with van der Waals surface area (Å²) in [7, 11) is 0. The minimum Gasteiger partial charge on any atom is -0.381 e. The Morgan fingerprint density at radius 1 is 1.56 bits per heavy atom. The van der Waals surface area contributed by atoms with Crippen molar-refractivity contribution in [2.45, 2.75) is 25.8 Å². The van der Waals surface area contributed by atoms with Crippen molar-refractivity contribution in [3.05, 3.63) is 34.1 Å². The average molecular weight is 316 g/mol. The van der Waals surface area contributed by atoms with Gasteiger partial charge in [0.1, 0.15) is 5.82 Å². The molecule has 2 atom stereocenters. The van der Waals surface area contributed by atoms with Gasteiger partial charge in [-0.2, -0.15) is 0 Å². The van der Waals surface area contributed by atoms with Gasteiger partial charge in [-0.1, -0.05) is 22.9 Å². The predicted molar refractivity (Wildman–Crippen MR) is 74.1 cm³/mol. The molecule has 1 aromatic rings. The van der Waals surface area contributed by atoms with Crippen LogP contribution in [-0.2, 0) is 4.74 Å². The molecular formula is C14H19BrFNO. The van der Waals surface area contributed by atoms with Gasteiger partial charge in [-0.25, -0.2) is 4.39 Å². The summed E-state index contributed by atoms with van der Waals surface area (Å²) in [6.07, 6.45) is 2.03. The first-order chi connectivity index (χ1) is 8.72. The van der Waals surface area contributed by atoms with Crippen molar-refractivity contribution in [1.29, 1.82) is 0 Å². The molecule has 0 aliphatic carbocycles. The summed E-state index contributed by atoms with van der Waals surface area (Å²) < 4.78 is 20.4. The molecule has 1 saturated heterocycles. The molecule has 0 spiro atoms. The van der Waals surface area contributed by atoms with Crippen LogP contribution in [0.25, 0.3) is 0 Å². The second-order valence-electron chi connectivity index (χ2n) is 4.72. The van der Waals surface area contributed by atoms with Crippen LogP contribution < -0.4 is 5.32 Å². The minimum atomic E-state index is -0.140. The standard InChI is InChI=1S/C14H19BrFNO/c1-2-6-17-14(10-5-7-18-9-10)12-8-11(15)3-4-13(12)16/h3-4,8,10,14,17H,2,5-7,9H2,1H3. The number of hydrogen-bond donors (Lipinski definition) is 1. The van der Waals surface area contributed by atoms with Crippen molar-refractivity contribution in [3.63, 3.8) is 0 Å². The summed E-state index contributed by atoms with van der Waals surface area (Å²) >= 11 is 3.42. The first-order valence-corrected chi connectivity index (χ1v) is 7.27. The molecule has 2 unspecified atom stereocenters.